The predicted octanol–water partition coefficient (Wildman–Crippen LogP) is 0.933. The third-order valence-corrected chi connectivity index (χ3v) is 6.87. The maximum atomic E-state index is 13.1. The van der Waals surface area contributed by atoms with Crippen molar-refractivity contribution in [3.05, 3.63) is 12.0 Å². The third-order valence-electron chi connectivity index (χ3n) is 5.07. The molecular weight excluding hydrogens is 318 g/mol. The second-order valence-electron chi connectivity index (χ2n) is 6.36. The van der Waals surface area contributed by atoms with Crippen LogP contribution in [-0.2, 0) is 26.5 Å². The standard InChI is InChI=1S/C15H25N3O4S/c1-11-16-15(9-17(11)2)23(19,20)18-7-8-22-10-13(18)12-5-4-6-14(12)21-3/h9,12-14H,4-8,10H2,1-3H3. The smallest absolute Gasteiger partial charge is 0.262 e. The summed E-state index contributed by atoms with van der Waals surface area (Å²) in [5.74, 6) is 0.865. The highest BCUT2D eigenvalue weighted by molar-refractivity contribution is 7.89. The van der Waals surface area contributed by atoms with Crippen LogP contribution in [0.1, 0.15) is 25.1 Å². The van der Waals surface area contributed by atoms with Crippen LogP contribution in [0.15, 0.2) is 11.2 Å². The van der Waals surface area contributed by atoms with Gasteiger partial charge in [-0.15, -0.1) is 0 Å². The van der Waals surface area contributed by atoms with E-state index < -0.39 is 10.0 Å². The first-order chi connectivity index (χ1) is 10.9. The molecule has 0 radical (unpaired) electrons. The number of ether oxygens (including phenoxy) is 2. The molecule has 1 saturated carbocycles. The molecule has 1 saturated heterocycles. The van der Waals surface area contributed by atoms with Crippen LogP contribution in [0.4, 0.5) is 0 Å². The molecule has 0 bridgehead atoms. The Bertz CT molecular complexity index is 638. The first-order valence-electron chi connectivity index (χ1n) is 8.07. The Morgan fingerprint density at radius 1 is 1.39 bits per heavy atom. The number of aromatic nitrogens is 2. The number of hydrogen-bond donors (Lipinski definition) is 0. The zero-order valence-electron chi connectivity index (χ0n) is 13.9. The maximum Gasteiger partial charge on any atom is 0.262 e. The van der Waals surface area contributed by atoms with E-state index in [9.17, 15) is 8.42 Å². The van der Waals surface area contributed by atoms with Crippen molar-refractivity contribution in [2.75, 3.05) is 26.9 Å². The molecule has 0 amide bonds. The second-order valence-corrected chi connectivity index (χ2v) is 8.20. The van der Waals surface area contributed by atoms with E-state index in [1.54, 1.807) is 36.2 Å². The van der Waals surface area contributed by atoms with E-state index in [0.29, 0.717) is 25.6 Å². The van der Waals surface area contributed by atoms with E-state index in [0.717, 1.165) is 19.3 Å². The molecule has 1 aromatic heterocycles. The minimum Gasteiger partial charge on any atom is -0.381 e. The summed E-state index contributed by atoms with van der Waals surface area (Å²) in [6.07, 6.45) is 4.70. The van der Waals surface area contributed by atoms with Crippen LogP contribution >= 0.6 is 0 Å². The molecule has 8 heteroatoms. The monoisotopic (exact) mass is 343 g/mol. The molecule has 130 valence electrons. The van der Waals surface area contributed by atoms with Gasteiger partial charge >= 0.3 is 0 Å². The van der Waals surface area contributed by atoms with Crippen molar-refractivity contribution >= 4 is 10.0 Å². The first-order valence-corrected chi connectivity index (χ1v) is 9.51. The van der Waals surface area contributed by atoms with Gasteiger partial charge in [-0.1, -0.05) is 6.42 Å². The number of nitrogens with zero attached hydrogens (tertiary/aromatic N) is 3. The molecule has 1 aliphatic heterocycles. The van der Waals surface area contributed by atoms with Crippen LogP contribution in [0.2, 0.25) is 0 Å². The van der Waals surface area contributed by atoms with Gasteiger partial charge in [0.25, 0.3) is 10.0 Å². The Morgan fingerprint density at radius 3 is 2.83 bits per heavy atom. The van der Waals surface area contributed by atoms with Crippen LogP contribution < -0.4 is 0 Å². The largest absolute Gasteiger partial charge is 0.381 e. The van der Waals surface area contributed by atoms with E-state index in [1.807, 2.05) is 0 Å². The van der Waals surface area contributed by atoms with Gasteiger partial charge in [0.05, 0.1) is 25.4 Å². The quantitative estimate of drug-likeness (QED) is 0.813. The summed E-state index contributed by atoms with van der Waals surface area (Å²) in [5.41, 5.74) is 0. The summed E-state index contributed by atoms with van der Waals surface area (Å²) >= 11 is 0. The van der Waals surface area contributed by atoms with Crippen LogP contribution in [0.5, 0.6) is 0 Å². The van der Waals surface area contributed by atoms with Crippen molar-refractivity contribution in [2.45, 2.75) is 43.4 Å². The molecule has 0 spiro atoms. The lowest BCUT2D eigenvalue weighted by molar-refractivity contribution is -0.0260. The molecule has 3 atom stereocenters. The lowest BCUT2D eigenvalue weighted by atomic mass is 9.96. The average molecular weight is 343 g/mol. The Kier molecular flexibility index (Phi) is 4.78. The molecule has 23 heavy (non-hydrogen) atoms. The van der Waals surface area contributed by atoms with Gasteiger partial charge < -0.3 is 14.0 Å². The van der Waals surface area contributed by atoms with Crippen molar-refractivity contribution in [3.8, 4) is 0 Å². The molecule has 1 aliphatic carbocycles. The normalized spacial score (nSPS) is 30.0. The summed E-state index contributed by atoms with van der Waals surface area (Å²) in [6, 6.07) is -0.177. The molecule has 2 aliphatic rings. The number of hydrogen-bond acceptors (Lipinski definition) is 5. The summed E-state index contributed by atoms with van der Waals surface area (Å²) in [6.45, 7) is 3.02. The average Bonchev–Trinajstić information content (AvgIpc) is 3.14. The number of aryl methyl sites for hydroxylation is 2. The summed E-state index contributed by atoms with van der Waals surface area (Å²) < 4.78 is 40.6. The summed E-state index contributed by atoms with van der Waals surface area (Å²) in [5, 5.41) is 0.122. The van der Waals surface area contributed by atoms with Gasteiger partial charge in [-0.3, -0.25) is 0 Å². The Hall–Kier alpha value is -0.960. The Labute approximate surface area is 137 Å². The fourth-order valence-electron chi connectivity index (χ4n) is 3.70. The number of sulfonamides is 1. The molecule has 3 unspecified atom stereocenters. The predicted molar refractivity (Wildman–Crippen MR) is 84.6 cm³/mol. The zero-order valence-corrected chi connectivity index (χ0v) is 14.8. The van der Waals surface area contributed by atoms with Gasteiger partial charge in [0.15, 0.2) is 5.03 Å². The number of morpholine rings is 1. The van der Waals surface area contributed by atoms with E-state index in [4.69, 9.17) is 9.47 Å². The molecule has 3 rings (SSSR count). The Balaban J connectivity index is 1.91. The van der Waals surface area contributed by atoms with E-state index in [2.05, 4.69) is 4.98 Å². The lowest BCUT2D eigenvalue weighted by Crippen LogP contribution is -2.53. The fourth-order valence-corrected chi connectivity index (χ4v) is 5.37. The summed E-state index contributed by atoms with van der Waals surface area (Å²) in [4.78, 5) is 4.22. The minimum atomic E-state index is -3.62. The molecule has 7 nitrogen and oxygen atoms in total. The first kappa shape index (κ1) is 16.9. The van der Waals surface area contributed by atoms with Crippen molar-refractivity contribution in [3.63, 3.8) is 0 Å². The highest BCUT2D eigenvalue weighted by atomic mass is 32.2. The van der Waals surface area contributed by atoms with Crippen LogP contribution in [-0.4, -0.2) is 61.3 Å². The van der Waals surface area contributed by atoms with Gasteiger partial charge in [0, 0.05) is 32.8 Å². The van der Waals surface area contributed by atoms with Crippen molar-refractivity contribution in [1.82, 2.24) is 13.9 Å². The van der Waals surface area contributed by atoms with Crippen molar-refractivity contribution in [2.24, 2.45) is 13.0 Å². The molecule has 0 N–H and O–H groups in total. The summed E-state index contributed by atoms with van der Waals surface area (Å²) in [7, 11) is -0.112. The van der Waals surface area contributed by atoms with Crippen LogP contribution in [0.25, 0.3) is 0 Å². The SMILES string of the molecule is COC1CCCC1C1COCCN1S(=O)(=O)c1cn(C)c(C)n1. The van der Waals surface area contributed by atoms with Crippen LogP contribution in [0.3, 0.4) is 0 Å². The Morgan fingerprint density at radius 2 is 2.17 bits per heavy atom. The van der Waals surface area contributed by atoms with E-state index in [-0.39, 0.29) is 23.1 Å². The van der Waals surface area contributed by atoms with Crippen molar-refractivity contribution in [1.29, 1.82) is 0 Å². The molecule has 2 fully saturated rings. The molecule has 2 heterocycles. The highest BCUT2D eigenvalue weighted by Crippen LogP contribution is 2.35. The molecule has 0 aromatic carbocycles. The molecule has 1 aromatic rings. The zero-order chi connectivity index (χ0) is 16.6. The topological polar surface area (TPSA) is 73.7 Å². The number of imidazole rings is 1. The van der Waals surface area contributed by atoms with E-state index >= 15 is 0 Å². The fraction of sp³-hybridized carbons (Fsp3) is 0.800. The van der Waals surface area contributed by atoms with Gasteiger partial charge in [-0.25, -0.2) is 13.4 Å². The number of methoxy groups -OCH3 is 1. The van der Waals surface area contributed by atoms with Gasteiger partial charge in [-0.05, 0) is 19.8 Å². The highest BCUT2D eigenvalue weighted by Gasteiger charge is 2.44. The van der Waals surface area contributed by atoms with Gasteiger partial charge in [0.1, 0.15) is 5.82 Å². The molecular formula is C15H25N3O4S. The van der Waals surface area contributed by atoms with Gasteiger partial charge in [-0.2, -0.15) is 4.31 Å². The van der Waals surface area contributed by atoms with Crippen molar-refractivity contribution < 1.29 is 17.9 Å². The third kappa shape index (κ3) is 3.05. The van der Waals surface area contributed by atoms with Gasteiger partial charge in [0.2, 0.25) is 0 Å². The van der Waals surface area contributed by atoms with E-state index in [1.165, 1.54) is 0 Å². The second kappa shape index (κ2) is 6.51. The lowest BCUT2D eigenvalue weighted by Gasteiger charge is -2.39. The maximum absolute atomic E-state index is 13.1. The minimum absolute atomic E-state index is 0.102. The van der Waals surface area contributed by atoms with Crippen LogP contribution in [0, 0.1) is 12.8 Å². The number of rotatable bonds is 4.